The molecule has 0 aliphatic carbocycles. The van der Waals surface area contributed by atoms with Crippen LogP contribution in [0.4, 0.5) is 13.2 Å². The first-order valence-corrected chi connectivity index (χ1v) is 7.02. The second-order valence-corrected chi connectivity index (χ2v) is 5.53. The maximum absolute atomic E-state index is 13.5. The second kappa shape index (κ2) is 6.47. The van der Waals surface area contributed by atoms with Crippen molar-refractivity contribution in [3.63, 3.8) is 0 Å². The van der Waals surface area contributed by atoms with Crippen LogP contribution in [0.1, 0.15) is 24.8 Å². The van der Waals surface area contributed by atoms with Gasteiger partial charge in [-0.1, -0.05) is 18.2 Å². The molecule has 116 valence electrons. The van der Waals surface area contributed by atoms with Gasteiger partial charge in [0.1, 0.15) is 5.82 Å². The molecule has 1 aliphatic heterocycles. The molecule has 0 spiro atoms. The molecule has 0 radical (unpaired) electrons. The van der Waals surface area contributed by atoms with Crippen molar-refractivity contribution in [3.05, 3.63) is 35.6 Å². The maximum atomic E-state index is 13.5. The molecule has 21 heavy (non-hydrogen) atoms. The molecule has 1 atom stereocenters. The molecule has 1 saturated heterocycles. The lowest BCUT2D eigenvalue weighted by Gasteiger charge is -2.33. The number of carbonyl (C=O) groups excluding carboxylic acids is 1. The van der Waals surface area contributed by atoms with E-state index in [1.807, 2.05) is 0 Å². The first-order chi connectivity index (χ1) is 9.87. The van der Waals surface area contributed by atoms with E-state index in [1.165, 1.54) is 6.07 Å². The number of amides is 1. The van der Waals surface area contributed by atoms with Crippen molar-refractivity contribution >= 4 is 5.91 Å². The minimum atomic E-state index is -2.82. The number of nitrogens with zero attached hydrogens (tertiary/aromatic N) is 1. The SMILES string of the molecule is N[C@@H](CC(=O)N1CCCC(F)(F)C1)Cc1ccccc1F. The summed E-state index contributed by atoms with van der Waals surface area (Å²) in [5.41, 5.74) is 6.28. The lowest BCUT2D eigenvalue weighted by molar-refractivity contribution is -0.141. The van der Waals surface area contributed by atoms with Crippen molar-refractivity contribution in [1.82, 2.24) is 4.90 Å². The highest BCUT2D eigenvalue weighted by molar-refractivity contribution is 5.77. The molecule has 3 nitrogen and oxygen atoms in total. The number of nitrogens with two attached hydrogens (primary N) is 1. The monoisotopic (exact) mass is 300 g/mol. The van der Waals surface area contributed by atoms with Crippen LogP contribution < -0.4 is 5.73 Å². The number of alkyl halides is 2. The Balaban J connectivity index is 1.89. The van der Waals surface area contributed by atoms with Crippen LogP contribution in [0.2, 0.25) is 0 Å². The van der Waals surface area contributed by atoms with E-state index < -0.39 is 24.4 Å². The number of benzene rings is 1. The van der Waals surface area contributed by atoms with Crippen LogP contribution >= 0.6 is 0 Å². The Labute approximate surface area is 121 Å². The highest BCUT2D eigenvalue weighted by atomic mass is 19.3. The van der Waals surface area contributed by atoms with Crippen molar-refractivity contribution in [2.24, 2.45) is 5.73 Å². The van der Waals surface area contributed by atoms with Crippen molar-refractivity contribution in [1.29, 1.82) is 0 Å². The van der Waals surface area contributed by atoms with Crippen molar-refractivity contribution in [3.8, 4) is 0 Å². The average molecular weight is 300 g/mol. The van der Waals surface area contributed by atoms with Crippen LogP contribution in [0.15, 0.2) is 24.3 Å². The Bertz CT molecular complexity index is 507. The van der Waals surface area contributed by atoms with Crippen LogP contribution in [0.25, 0.3) is 0 Å². The lowest BCUT2D eigenvalue weighted by atomic mass is 10.0. The maximum Gasteiger partial charge on any atom is 0.265 e. The summed E-state index contributed by atoms with van der Waals surface area (Å²) >= 11 is 0. The van der Waals surface area contributed by atoms with Gasteiger partial charge < -0.3 is 10.6 Å². The van der Waals surface area contributed by atoms with E-state index in [0.29, 0.717) is 18.5 Å². The van der Waals surface area contributed by atoms with E-state index in [9.17, 15) is 18.0 Å². The van der Waals surface area contributed by atoms with E-state index in [4.69, 9.17) is 5.73 Å². The van der Waals surface area contributed by atoms with Gasteiger partial charge in [0.05, 0.1) is 6.54 Å². The smallest absolute Gasteiger partial charge is 0.265 e. The summed E-state index contributed by atoms with van der Waals surface area (Å²) in [6.45, 7) is -0.209. The van der Waals surface area contributed by atoms with Gasteiger partial charge >= 0.3 is 0 Å². The zero-order valence-corrected chi connectivity index (χ0v) is 11.7. The lowest BCUT2D eigenvalue weighted by Crippen LogP contribution is -2.47. The first-order valence-electron chi connectivity index (χ1n) is 7.02. The topological polar surface area (TPSA) is 46.3 Å². The Morgan fingerprint density at radius 3 is 2.76 bits per heavy atom. The van der Waals surface area contributed by atoms with Crippen LogP contribution in [0.3, 0.4) is 0 Å². The molecule has 1 aliphatic rings. The third-order valence-electron chi connectivity index (χ3n) is 3.62. The summed E-state index contributed by atoms with van der Waals surface area (Å²) < 4.78 is 40.0. The van der Waals surface area contributed by atoms with Gasteiger partial charge in [0, 0.05) is 25.4 Å². The molecule has 6 heteroatoms. The fourth-order valence-corrected chi connectivity index (χ4v) is 2.55. The molecule has 2 N–H and O–H groups in total. The van der Waals surface area contributed by atoms with Gasteiger partial charge in [-0.3, -0.25) is 4.79 Å². The minimum absolute atomic E-state index is 0.0512. The molecule has 2 rings (SSSR count). The summed E-state index contributed by atoms with van der Waals surface area (Å²) in [5, 5.41) is 0. The highest BCUT2D eigenvalue weighted by Gasteiger charge is 2.37. The van der Waals surface area contributed by atoms with E-state index in [-0.39, 0.29) is 25.1 Å². The molecular formula is C15H19F3N2O. The predicted molar refractivity (Wildman–Crippen MR) is 73.5 cm³/mol. The third-order valence-corrected chi connectivity index (χ3v) is 3.62. The van der Waals surface area contributed by atoms with Gasteiger partial charge in [-0.25, -0.2) is 13.2 Å². The van der Waals surface area contributed by atoms with Gasteiger partial charge in [-0.2, -0.15) is 0 Å². The normalized spacial score (nSPS) is 19.3. The zero-order valence-electron chi connectivity index (χ0n) is 11.7. The van der Waals surface area contributed by atoms with E-state index in [2.05, 4.69) is 0 Å². The standard InChI is InChI=1S/C15H19F3N2O/c16-13-5-2-1-4-11(13)8-12(19)9-14(21)20-7-3-6-15(17,18)10-20/h1-2,4-5,12H,3,6-10,19H2/t12-/m1/s1. The van der Waals surface area contributed by atoms with E-state index >= 15 is 0 Å². The molecule has 1 fully saturated rings. The van der Waals surface area contributed by atoms with Crippen LogP contribution in [-0.2, 0) is 11.2 Å². The first kappa shape index (κ1) is 15.8. The van der Waals surface area contributed by atoms with Gasteiger partial charge in [-0.05, 0) is 24.5 Å². The molecule has 0 aromatic heterocycles. The van der Waals surface area contributed by atoms with Gasteiger partial charge in [-0.15, -0.1) is 0 Å². The van der Waals surface area contributed by atoms with Crippen LogP contribution in [-0.4, -0.2) is 35.9 Å². The number of carbonyl (C=O) groups is 1. The minimum Gasteiger partial charge on any atom is -0.337 e. The van der Waals surface area contributed by atoms with Gasteiger partial charge in [0.2, 0.25) is 5.91 Å². The molecule has 0 unspecified atom stereocenters. The summed E-state index contributed by atoms with van der Waals surface area (Å²) in [4.78, 5) is 13.1. The zero-order chi connectivity index (χ0) is 15.5. The molecule has 1 amide bonds. The fourth-order valence-electron chi connectivity index (χ4n) is 2.55. The number of rotatable bonds is 4. The Hall–Kier alpha value is -1.56. The average Bonchev–Trinajstić information content (AvgIpc) is 2.40. The van der Waals surface area contributed by atoms with Crippen molar-refractivity contribution in [2.45, 2.75) is 37.6 Å². The summed E-state index contributed by atoms with van der Waals surface area (Å²) in [6, 6.07) is 5.62. The Morgan fingerprint density at radius 2 is 2.10 bits per heavy atom. The van der Waals surface area contributed by atoms with Gasteiger partial charge in [0.15, 0.2) is 0 Å². The summed E-state index contributed by atoms with van der Waals surface area (Å²) in [5.74, 6) is -3.58. The van der Waals surface area contributed by atoms with Crippen LogP contribution in [0, 0.1) is 5.82 Å². The summed E-state index contributed by atoms with van der Waals surface area (Å²) in [6.07, 6.45) is 0.270. The highest BCUT2D eigenvalue weighted by Crippen LogP contribution is 2.27. The number of hydrogen-bond donors (Lipinski definition) is 1. The number of hydrogen-bond acceptors (Lipinski definition) is 2. The van der Waals surface area contributed by atoms with Gasteiger partial charge in [0.25, 0.3) is 5.92 Å². The second-order valence-electron chi connectivity index (χ2n) is 5.53. The fraction of sp³-hybridized carbons (Fsp3) is 0.533. The summed E-state index contributed by atoms with van der Waals surface area (Å²) in [7, 11) is 0. The number of piperidine rings is 1. The van der Waals surface area contributed by atoms with Crippen LogP contribution in [0.5, 0.6) is 0 Å². The Kier molecular flexibility index (Phi) is 4.88. The third kappa shape index (κ3) is 4.46. The quantitative estimate of drug-likeness (QED) is 0.928. The predicted octanol–water partition coefficient (Wildman–Crippen LogP) is 2.34. The molecule has 1 heterocycles. The van der Waals surface area contributed by atoms with Crippen molar-refractivity contribution < 1.29 is 18.0 Å². The molecule has 1 aromatic rings. The molecule has 0 saturated carbocycles. The van der Waals surface area contributed by atoms with E-state index in [1.54, 1.807) is 18.2 Å². The molecule has 0 bridgehead atoms. The van der Waals surface area contributed by atoms with E-state index in [0.717, 1.165) is 4.90 Å². The largest absolute Gasteiger partial charge is 0.337 e. The number of likely N-dealkylation sites (tertiary alicyclic amines) is 1. The van der Waals surface area contributed by atoms with Crippen molar-refractivity contribution in [2.75, 3.05) is 13.1 Å². The number of halogens is 3. The molecule has 1 aromatic carbocycles. The molecular weight excluding hydrogens is 281 g/mol. The Morgan fingerprint density at radius 1 is 1.38 bits per heavy atom.